The summed E-state index contributed by atoms with van der Waals surface area (Å²) in [5.41, 5.74) is 1.27. The van der Waals surface area contributed by atoms with Gasteiger partial charge in [0.15, 0.2) is 0 Å². The van der Waals surface area contributed by atoms with E-state index in [1.807, 2.05) is 30.2 Å². The third-order valence-corrected chi connectivity index (χ3v) is 5.79. The van der Waals surface area contributed by atoms with E-state index in [-0.39, 0.29) is 0 Å². The molecule has 0 spiro atoms. The lowest BCUT2D eigenvalue weighted by molar-refractivity contribution is 0.617. The first-order valence-electron chi connectivity index (χ1n) is 8.62. The number of aromatic nitrogens is 3. The Kier molecular flexibility index (Phi) is 4.56. The van der Waals surface area contributed by atoms with E-state index in [1.165, 1.54) is 17.1 Å². The molecule has 2 unspecified atom stereocenters. The van der Waals surface area contributed by atoms with Gasteiger partial charge in [-0.1, -0.05) is 13.0 Å². The molecule has 2 aliphatic rings. The Labute approximate surface area is 147 Å². The van der Waals surface area contributed by atoms with E-state index < -0.39 is 0 Å². The lowest BCUT2D eigenvalue weighted by Crippen LogP contribution is -2.33. The van der Waals surface area contributed by atoms with Crippen molar-refractivity contribution >= 4 is 23.4 Å². The van der Waals surface area contributed by atoms with Crippen LogP contribution in [0.1, 0.15) is 24.9 Å². The van der Waals surface area contributed by atoms with E-state index in [9.17, 15) is 0 Å². The normalized spacial score (nSPS) is 24.4. The van der Waals surface area contributed by atoms with Gasteiger partial charge in [0, 0.05) is 49.6 Å². The lowest BCUT2D eigenvalue weighted by Gasteiger charge is -2.30. The van der Waals surface area contributed by atoms with Crippen LogP contribution in [0.4, 0.5) is 11.6 Å². The van der Waals surface area contributed by atoms with Gasteiger partial charge in [0.25, 0.3) is 0 Å². The first-order chi connectivity index (χ1) is 11.8. The van der Waals surface area contributed by atoms with Crippen LogP contribution in [0.2, 0.25) is 0 Å². The van der Waals surface area contributed by atoms with Gasteiger partial charge in [0.1, 0.15) is 18.0 Å². The smallest absolute Gasteiger partial charge is 0.134 e. The largest absolute Gasteiger partial charge is 0.355 e. The van der Waals surface area contributed by atoms with Crippen molar-refractivity contribution in [2.45, 2.75) is 19.4 Å². The van der Waals surface area contributed by atoms with Crippen molar-refractivity contribution < 1.29 is 0 Å². The molecule has 0 bridgehead atoms. The van der Waals surface area contributed by atoms with Crippen molar-refractivity contribution in [1.82, 2.24) is 15.0 Å². The van der Waals surface area contributed by atoms with Gasteiger partial charge in [-0.3, -0.25) is 4.98 Å². The first kappa shape index (κ1) is 15.7. The highest BCUT2D eigenvalue weighted by Gasteiger charge is 2.32. The Morgan fingerprint density at radius 3 is 2.79 bits per heavy atom. The van der Waals surface area contributed by atoms with Crippen LogP contribution in [-0.2, 0) is 0 Å². The average molecular weight is 341 g/mol. The number of anilines is 2. The zero-order valence-corrected chi connectivity index (χ0v) is 14.8. The van der Waals surface area contributed by atoms with Crippen molar-refractivity contribution in [3.05, 3.63) is 42.5 Å². The molecule has 2 saturated heterocycles. The number of hydrogen-bond donors (Lipinski definition) is 0. The predicted octanol–water partition coefficient (Wildman–Crippen LogP) is 3.01. The maximum absolute atomic E-state index is 4.59. The molecule has 5 nitrogen and oxygen atoms in total. The number of nitrogens with zero attached hydrogens (tertiary/aromatic N) is 5. The number of rotatable bonds is 3. The SMILES string of the molecule is CC1CC(c2cccnc2)N(c2cc(N3CCSCC3)ncn2)C1. The van der Waals surface area contributed by atoms with Gasteiger partial charge in [0.05, 0.1) is 6.04 Å². The minimum absolute atomic E-state index is 0.355. The minimum Gasteiger partial charge on any atom is -0.355 e. The molecule has 0 aliphatic carbocycles. The van der Waals surface area contributed by atoms with Crippen molar-refractivity contribution in [1.29, 1.82) is 0 Å². The Morgan fingerprint density at radius 2 is 2.00 bits per heavy atom. The van der Waals surface area contributed by atoms with Gasteiger partial charge >= 0.3 is 0 Å². The molecule has 4 heterocycles. The summed E-state index contributed by atoms with van der Waals surface area (Å²) in [6.07, 6.45) is 6.68. The molecule has 0 radical (unpaired) electrons. The van der Waals surface area contributed by atoms with E-state index in [4.69, 9.17) is 0 Å². The molecule has 6 heteroatoms. The highest BCUT2D eigenvalue weighted by atomic mass is 32.2. The van der Waals surface area contributed by atoms with Crippen LogP contribution in [-0.4, -0.2) is 46.1 Å². The standard InChI is InChI=1S/C18H23N5S/c1-14-9-16(15-3-2-4-19-11-15)23(12-14)18-10-17(20-13-21-18)22-5-7-24-8-6-22/h2-4,10-11,13-14,16H,5-9,12H2,1H3. The molecule has 24 heavy (non-hydrogen) atoms. The molecule has 0 saturated carbocycles. The van der Waals surface area contributed by atoms with Crippen LogP contribution >= 0.6 is 11.8 Å². The molecule has 2 aromatic rings. The van der Waals surface area contributed by atoms with E-state index in [1.54, 1.807) is 6.33 Å². The first-order valence-corrected chi connectivity index (χ1v) is 9.78. The van der Waals surface area contributed by atoms with Gasteiger partial charge in [-0.2, -0.15) is 11.8 Å². The lowest BCUT2D eigenvalue weighted by atomic mass is 10.0. The molecule has 0 amide bonds. The second-order valence-corrected chi connectivity index (χ2v) is 7.85. The summed E-state index contributed by atoms with van der Waals surface area (Å²) < 4.78 is 0. The van der Waals surface area contributed by atoms with E-state index in [0.717, 1.165) is 37.7 Å². The quantitative estimate of drug-likeness (QED) is 0.855. The molecule has 0 aromatic carbocycles. The summed E-state index contributed by atoms with van der Waals surface area (Å²) in [4.78, 5) is 18.2. The molecular weight excluding hydrogens is 318 g/mol. The van der Waals surface area contributed by atoms with Crippen molar-refractivity contribution in [2.24, 2.45) is 5.92 Å². The molecule has 4 rings (SSSR count). The zero-order valence-electron chi connectivity index (χ0n) is 14.0. The summed E-state index contributed by atoms with van der Waals surface area (Å²) in [5.74, 6) is 5.11. The van der Waals surface area contributed by atoms with Crippen molar-refractivity contribution in [3.8, 4) is 0 Å². The van der Waals surface area contributed by atoms with E-state index in [2.05, 4.69) is 43.8 Å². The summed E-state index contributed by atoms with van der Waals surface area (Å²) in [5, 5.41) is 0. The predicted molar refractivity (Wildman–Crippen MR) is 99.7 cm³/mol. The second kappa shape index (κ2) is 6.97. The number of pyridine rings is 1. The van der Waals surface area contributed by atoms with Gasteiger partial charge in [-0.25, -0.2) is 9.97 Å². The fourth-order valence-electron chi connectivity index (χ4n) is 3.65. The molecule has 2 aromatic heterocycles. The minimum atomic E-state index is 0.355. The van der Waals surface area contributed by atoms with Crippen LogP contribution in [0, 0.1) is 5.92 Å². The average Bonchev–Trinajstić information content (AvgIpc) is 3.05. The van der Waals surface area contributed by atoms with E-state index >= 15 is 0 Å². The van der Waals surface area contributed by atoms with Gasteiger partial charge in [-0.15, -0.1) is 0 Å². The van der Waals surface area contributed by atoms with E-state index in [0.29, 0.717) is 12.0 Å². The highest BCUT2D eigenvalue weighted by molar-refractivity contribution is 7.99. The monoisotopic (exact) mass is 341 g/mol. The highest BCUT2D eigenvalue weighted by Crippen LogP contribution is 2.38. The van der Waals surface area contributed by atoms with Crippen molar-refractivity contribution in [2.75, 3.05) is 40.9 Å². The molecule has 126 valence electrons. The fraction of sp³-hybridized carbons (Fsp3) is 0.500. The summed E-state index contributed by atoms with van der Waals surface area (Å²) in [7, 11) is 0. The zero-order chi connectivity index (χ0) is 16.4. The second-order valence-electron chi connectivity index (χ2n) is 6.63. The Hall–Kier alpha value is -1.82. The van der Waals surface area contributed by atoms with Crippen LogP contribution in [0.5, 0.6) is 0 Å². The molecule has 2 aliphatic heterocycles. The van der Waals surface area contributed by atoms with Crippen LogP contribution < -0.4 is 9.80 Å². The molecule has 0 N–H and O–H groups in total. The summed E-state index contributed by atoms with van der Waals surface area (Å²) in [6, 6.07) is 6.71. The van der Waals surface area contributed by atoms with Crippen LogP contribution in [0.25, 0.3) is 0 Å². The molecule has 2 fully saturated rings. The Balaban J connectivity index is 1.61. The number of thioether (sulfide) groups is 1. The van der Waals surface area contributed by atoms with Crippen LogP contribution in [0.3, 0.4) is 0 Å². The van der Waals surface area contributed by atoms with Gasteiger partial charge < -0.3 is 9.80 Å². The molecule has 2 atom stereocenters. The maximum Gasteiger partial charge on any atom is 0.134 e. The maximum atomic E-state index is 4.59. The van der Waals surface area contributed by atoms with Crippen LogP contribution in [0.15, 0.2) is 36.9 Å². The summed E-state index contributed by atoms with van der Waals surface area (Å²) >= 11 is 2.02. The third-order valence-electron chi connectivity index (χ3n) is 4.85. The Bertz CT molecular complexity index is 674. The summed E-state index contributed by atoms with van der Waals surface area (Å²) in [6.45, 7) is 5.49. The van der Waals surface area contributed by atoms with Gasteiger partial charge in [-0.05, 0) is 24.0 Å². The topological polar surface area (TPSA) is 45.2 Å². The number of hydrogen-bond acceptors (Lipinski definition) is 6. The fourth-order valence-corrected chi connectivity index (χ4v) is 4.55. The molecular formula is C18H23N5S. The third kappa shape index (κ3) is 3.20. The Morgan fingerprint density at radius 1 is 1.17 bits per heavy atom. The van der Waals surface area contributed by atoms with Crippen molar-refractivity contribution in [3.63, 3.8) is 0 Å². The van der Waals surface area contributed by atoms with Gasteiger partial charge in [0.2, 0.25) is 0 Å².